The third-order valence-corrected chi connectivity index (χ3v) is 2.04. The number of benzene rings is 1. The molecule has 0 fully saturated rings. The van der Waals surface area contributed by atoms with E-state index in [4.69, 9.17) is 15.6 Å². The van der Waals surface area contributed by atoms with E-state index in [1.54, 1.807) is 0 Å². The van der Waals surface area contributed by atoms with Crippen LogP contribution in [0, 0.1) is 5.82 Å². The molecule has 0 aliphatic rings. The van der Waals surface area contributed by atoms with Crippen molar-refractivity contribution in [1.82, 2.24) is 0 Å². The fourth-order valence-corrected chi connectivity index (χ4v) is 1.27. The number of nitrogens with two attached hydrogens (primary N) is 1. The summed E-state index contributed by atoms with van der Waals surface area (Å²) in [5.74, 6) is -1.21. The Morgan fingerprint density at radius 3 is 2.62 bits per heavy atom. The lowest BCUT2D eigenvalue weighted by Crippen LogP contribution is -2.26. The minimum atomic E-state index is -0.755. The first-order chi connectivity index (χ1) is 7.08. The number of rotatable bonds is 4. The van der Waals surface area contributed by atoms with Gasteiger partial charge >= 0.3 is 0 Å². The molecule has 1 atom stereocenters. The Balaban J connectivity index is 0.00000225. The van der Waals surface area contributed by atoms with E-state index < -0.39 is 17.6 Å². The zero-order valence-corrected chi connectivity index (χ0v) is 9.63. The van der Waals surface area contributed by atoms with Gasteiger partial charge in [0.15, 0.2) is 17.3 Å². The van der Waals surface area contributed by atoms with Crippen LogP contribution in [0.4, 0.5) is 4.39 Å². The van der Waals surface area contributed by atoms with E-state index in [1.165, 1.54) is 19.2 Å². The summed E-state index contributed by atoms with van der Waals surface area (Å²) in [6.45, 7) is -0.176. The lowest BCUT2D eigenvalue weighted by molar-refractivity contribution is 0.265. The van der Waals surface area contributed by atoms with Crippen molar-refractivity contribution in [1.29, 1.82) is 0 Å². The molecule has 0 aliphatic heterocycles. The van der Waals surface area contributed by atoms with E-state index in [0.29, 0.717) is 12.0 Å². The van der Waals surface area contributed by atoms with Gasteiger partial charge in [-0.1, -0.05) is 0 Å². The number of phenolic OH excluding ortho intramolecular Hbond substituents is 1. The molecule has 4 N–H and O–H groups in total. The van der Waals surface area contributed by atoms with Crippen LogP contribution in [0.2, 0.25) is 0 Å². The number of aromatic hydroxyl groups is 1. The van der Waals surface area contributed by atoms with Gasteiger partial charge in [-0.25, -0.2) is 4.39 Å². The second-order valence-electron chi connectivity index (χ2n) is 3.28. The normalized spacial score (nSPS) is 11.8. The predicted octanol–water partition coefficient (Wildman–Crippen LogP) is 0.824. The van der Waals surface area contributed by atoms with E-state index in [-0.39, 0.29) is 24.8 Å². The van der Waals surface area contributed by atoms with Crippen LogP contribution in [0.3, 0.4) is 0 Å². The zero-order chi connectivity index (χ0) is 11.4. The van der Waals surface area contributed by atoms with Crippen LogP contribution in [0.5, 0.6) is 11.5 Å². The maximum absolute atomic E-state index is 13.1. The van der Waals surface area contributed by atoms with E-state index in [2.05, 4.69) is 0 Å². The van der Waals surface area contributed by atoms with Gasteiger partial charge in [-0.2, -0.15) is 0 Å². The van der Waals surface area contributed by atoms with E-state index in [0.717, 1.165) is 0 Å². The van der Waals surface area contributed by atoms with Gasteiger partial charge in [-0.15, -0.1) is 12.4 Å². The van der Waals surface area contributed by atoms with Crippen molar-refractivity contribution in [3.8, 4) is 11.5 Å². The molecule has 92 valence electrons. The number of halogens is 2. The van der Waals surface area contributed by atoms with Gasteiger partial charge in [-0.3, -0.25) is 0 Å². The van der Waals surface area contributed by atoms with Crippen LogP contribution >= 0.6 is 12.4 Å². The van der Waals surface area contributed by atoms with Crippen molar-refractivity contribution >= 4 is 12.4 Å². The van der Waals surface area contributed by atoms with Crippen molar-refractivity contribution in [2.45, 2.75) is 12.5 Å². The van der Waals surface area contributed by atoms with Crippen molar-refractivity contribution < 1.29 is 19.3 Å². The molecular formula is C10H15ClFNO3. The maximum Gasteiger partial charge on any atom is 0.194 e. The molecule has 0 aromatic heterocycles. The summed E-state index contributed by atoms with van der Waals surface area (Å²) >= 11 is 0. The number of hydrogen-bond acceptors (Lipinski definition) is 4. The quantitative estimate of drug-likeness (QED) is 0.741. The number of methoxy groups -OCH3 is 1. The van der Waals surface area contributed by atoms with Gasteiger partial charge in [0.1, 0.15) is 0 Å². The highest BCUT2D eigenvalue weighted by Crippen LogP contribution is 2.30. The number of phenols is 1. The van der Waals surface area contributed by atoms with E-state index in [1.807, 2.05) is 0 Å². The molecular weight excluding hydrogens is 237 g/mol. The fraction of sp³-hybridized carbons (Fsp3) is 0.400. The first kappa shape index (κ1) is 15.0. The average Bonchev–Trinajstić information content (AvgIpc) is 2.22. The Labute approximate surface area is 99.3 Å². The Kier molecular flexibility index (Phi) is 6.10. The molecule has 0 amide bonds. The largest absolute Gasteiger partial charge is 0.502 e. The predicted molar refractivity (Wildman–Crippen MR) is 60.6 cm³/mol. The van der Waals surface area contributed by atoms with Crippen molar-refractivity contribution in [2.75, 3.05) is 13.7 Å². The minimum Gasteiger partial charge on any atom is -0.502 e. The summed E-state index contributed by atoms with van der Waals surface area (Å²) in [5, 5.41) is 18.0. The molecule has 16 heavy (non-hydrogen) atoms. The maximum atomic E-state index is 13.1. The molecule has 1 aromatic rings. The molecule has 4 nitrogen and oxygen atoms in total. The summed E-state index contributed by atoms with van der Waals surface area (Å²) in [5.41, 5.74) is 6.08. The lowest BCUT2D eigenvalue weighted by atomic mass is 10.1. The average molecular weight is 252 g/mol. The fourth-order valence-electron chi connectivity index (χ4n) is 1.27. The number of aliphatic hydroxyl groups excluding tert-OH is 1. The number of hydrogen-bond donors (Lipinski definition) is 3. The summed E-state index contributed by atoms with van der Waals surface area (Å²) in [6, 6.07) is 2.22. The molecule has 0 spiro atoms. The van der Waals surface area contributed by atoms with Gasteiger partial charge in [-0.05, 0) is 24.1 Å². The SMILES string of the molecule is COc1cc(CC(N)CO)cc(F)c1O.Cl. The van der Waals surface area contributed by atoms with Crippen LogP contribution in [0.1, 0.15) is 5.56 Å². The van der Waals surface area contributed by atoms with Crippen molar-refractivity contribution in [3.05, 3.63) is 23.5 Å². The zero-order valence-electron chi connectivity index (χ0n) is 8.81. The molecule has 0 saturated heterocycles. The van der Waals surface area contributed by atoms with Crippen molar-refractivity contribution in [2.24, 2.45) is 5.73 Å². The highest BCUT2D eigenvalue weighted by Gasteiger charge is 2.11. The van der Waals surface area contributed by atoms with E-state index >= 15 is 0 Å². The third kappa shape index (κ3) is 3.52. The molecule has 1 unspecified atom stereocenters. The molecule has 0 bridgehead atoms. The van der Waals surface area contributed by atoms with Crippen LogP contribution in [0.15, 0.2) is 12.1 Å². The molecule has 0 radical (unpaired) electrons. The van der Waals surface area contributed by atoms with Gasteiger partial charge in [0.25, 0.3) is 0 Å². The minimum absolute atomic E-state index is 0. The van der Waals surface area contributed by atoms with Crippen LogP contribution in [-0.4, -0.2) is 30.0 Å². The Bertz CT molecular complexity index is 349. The second-order valence-corrected chi connectivity index (χ2v) is 3.28. The molecule has 0 heterocycles. The topological polar surface area (TPSA) is 75.7 Å². The van der Waals surface area contributed by atoms with E-state index in [9.17, 15) is 9.50 Å². The summed E-state index contributed by atoms with van der Waals surface area (Å²) in [6.07, 6.45) is 0.323. The highest BCUT2D eigenvalue weighted by molar-refractivity contribution is 5.85. The second kappa shape index (κ2) is 6.52. The van der Waals surface area contributed by atoms with Crippen molar-refractivity contribution in [3.63, 3.8) is 0 Å². The highest BCUT2D eigenvalue weighted by atomic mass is 35.5. The standard InChI is InChI=1S/C10H14FNO3.ClH/c1-15-9-4-6(2-7(12)5-13)3-8(11)10(9)14;/h3-4,7,13-14H,2,5,12H2,1H3;1H. The number of aliphatic hydroxyl groups is 1. The summed E-state index contributed by atoms with van der Waals surface area (Å²) < 4.78 is 17.9. The first-order valence-electron chi connectivity index (χ1n) is 4.50. The lowest BCUT2D eigenvalue weighted by Gasteiger charge is -2.10. The van der Waals surface area contributed by atoms with Gasteiger partial charge < -0.3 is 20.7 Å². The third-order valence-electron chi connectivity index (χ3n) is 2.04. The Morgan fingerprint density at radius 1 is 1.50 bits per heavy atom. The molecule has 1 aromatic carbocycles. The Hall–Kier alpha value is -1.04. The van der Waals surface area contributed by atoms with Gasteiger partial charge in [0.2, 0.25) is 0 Å². The number of ether oxygens (including phenoxy) is 1. The van der Waals surface area contributed by atoms with Gasteiger partial charge in [0.05, 0.1) is 13.7 Å². The molecule has 0 saturated carbocycles. The van der Waals surface area contributed by atoms with Crippen LogP contribution in [-0.2, 0) is 6.42 Å². The van der Waals surface area contributed by atoms with Gasteiger partial charge in [0, 0.05) is 6.04 Å². The summed E-state index contributed by atoms with van der Waals surface area (Å²) in [7, 11) is 1.34. The Morgan fingerprint density at radius 2 is 2.12 bits per heavy atom. The monoisotopic (exact) mass is 251 g/mol. The van der Waals surface area contributed by atoms with Crippen LogP contribution < -0.4 is 10.5 Å². The molecule has 0 aliphatic carbocycles. The summed E-state index contributed by atoms with van der Waals surface area (Å²) in [4.78, 5) is 0. The molecule has 1 rings (SSSR count). The van der Waals surface area contributed by atoms with Crippen LogP contribution in [0.25, 0.3) is 0 Å². The molecule has 6 heteroatoms. The smallest absolute Gasteiger partial charge is 0.194 e. The first-order valence-corrected chi connectivity index (χ1v) is 4.50.